The molecule has 0 saturated carbocycles. The van der Waals surface area contributed by atoms with E-state index in [4.69, 9.17) is 11.6 Å². The predicted molar refractivity (Wildman–Crippen MR) is 95.1 cm³/mol. The van der Waals surface area contributed by atoms with Crippen LogP contribution in [0.3, 0.4) is 0 Å². The van der Waals surface area contributed by atoms with Crippen LogP contribution in [0.1, 0.15) is 27.6 Å². The van der Waals surface area contributed by atoms with Crippen LogP contribution in [0.5, 0.6) is 0 Å². The van der Waals surface area contributed by atoms with Gasteiger partial charge in [-0.2, -0.15) is 0 Å². The Kier molecular flexibility index (Phi) is 5.32. The van der Waals surface area contributed by atoms with Gasteiger partial charge in [0.1, 0.15) is 0 Å². The number of aryl methyl sites for hydroxylation is 2. The Morgan fingerprint density at radius 1 is 1.11 bits per heavy atom. The van der Waals surface area contributed by atoms with Crippen molar-refractivity contribution < 1.29 is 0 Å². The summed E-state index contributed by atoms with van der Waals surface area (Å²) in [5, 5.41) is -0.00815. The maximum absolute atomic E-state index is 6.58. The molecule has 0 bridgehead atoms. The SMILES string of the molecule is Cc1ccc(CC(Cl)c2cc(I)ccc2Br)cc1C. The Balaban J connectivity index is 2.22. The third kappa shape index (κ3) is 3.96. The number of halogens is 3. The van der Waals surface area contributed by atoms with E-state index >= 15 is 0 Å². The molecular formula is C16H15BrClI. The van der Waals surface area contributed by atoms with Gasteiger partial charge in [-0.3, -0.25) is 0 Å². The van der Waals surface area contributed by atoms with Gasteiger partial charge in [0.2, 0.25) is 0 Å². The van der Waals surface area contributed by atoms with Crippen molar-refractivity contribution in [3.05, 3.63) is 66.7 Å². The summed E-state index contributed by atoms with van der Waals surface area (Å²) in [6.07, 6.45) is 0.849. The van der Waals surface area contributed by atoms with E-state index in [-0.39, 0.29) is 5.38 Å². The molecule has 0 aliphatic heterocycles. The third-order valence-corrected chi connectivity index (χ3v) is 5.06. The highest BCUT2D eigenvalue weighted by atomic mass is 127. The molecule has 2 aromatic carbocycles. The fraction of sp³-hybridized carbons (Fsp3) is 0.250. The quantitative estimate of drug-likeness (QED) is 0.387. The summed E-state index contributed by atoms with van der Waals surface area (Å²) in [7, 11) is 0. The van der Waals surface area contributed by atoms with Crippen molar-refractivity contribution in [1.82, 2.24) is 0 Å². The van der Waals surface area contributed by atoms with Crippen LogP contribution in [-0.2, 0) is 6.42 Å². The molecule has 0 nitrogen and oxygen atoms in total. The zero-order valence-electron chi connectivity index (χ0n) is 10.9. The number of rotatable bonds is 3. The van der Waals surface area contributed by atoms with Crippen LogP contribution in [0, 0.1) is 17.4 Å². The van der Waals surface area contributed by atoms with Gasteiger partial charge in [0.05, 0.1) is 5.38 Å². The zero-order chi connectivity index (χ0) is 14.0. The van der Waals surface area contributed by atoms with Gasteiger partial charge in [0.15, 0.2) is 0 Å². The number of alkyl halides is 1. The minimum Gasteiger partial charge on any atom is -0.117 e. The highest BCUT2D eigenvalue weighted by Gasteiger charge is 2.13. The summed E-state index contributed by atoms with van der Waals surface area (Å²) in [6, 6.07) is 12.8. The molecular weight excluding hydrogens is 434 g/mol. The molecule has 0 saturated heterocycles. The summed E-state index contributed by atoms with van der Waals surface area (Å²) in [6.45, 7) is 4.27. The van der Waals surface area contributed by atoms with Crippen LogP contribution < -0.4 is 0 Å². The molecule has 0 aromatic heterocycles. The highest BCUT2D eigenvalue weighted by molar-refractivity contribution is 14.1. The molecule has 0 aliphatic rings. The first-order valence-electron chi connectivity index (χ1n) is 6.12. The largest absolute Gasteiger partial charge is 0.117 e. The molecule has 2 rings (SSSR count). The predicted octanol–water partition coefficient (Wildman–Crippen LogP) is 6.19. The first kappa shape index (κ1) is 15.3. The third-order valence-electron chi connectivity index (χ3n) is 3.28. The smallest absolute Gasteiger partial charge is 0.0636 e. The van der Waals surface area contributed by atoms with Crippen molar-refractivity contribution >= 4 is 50.1 Å². The number of benzene rings is 2. The Morgan fingerprint density at radius 3 is 2.53 bits per heavy atom. The van der Waals surface area contributed by atoms with Crippen molar-refractivity contribution in [2.45, 2.75) is 25.6 Å². The summed E-state index contributed by atoms with van der Waals surface area (Å²) in [4.78, 5) is 0. The molecule has 19 heavy (non-hydrogen) atoms. The van der Waals surface area contributed by atoms with Crippen LogP contribution in [-0.4, -0.2) is 0 Å². The molecule has 0 radical (unpaired) electrons. The molecule has 0 heterocycles. The van der Waals surface area contributed by atoms with Gasteiger partial charge in [0, 0.05) is 8.04 Å². The maximum atomic E-state index is 6.58. The van der Waals surface area contributed by atoms with Crippen LogP contribution >= 0.6 is 50.1 Å². The van der Waals surface area contributed by atoms with Crippen LogP contribution in [0.15, 0.2) is 40.9 Å². The van der Waals surface area contributed by atoms with E-state index in [0.717, 1.165) is 16.5 Å². The second-order valence-electron chi connectivity index (χ2n) is 4.76. The minimum atomic E-state index is -0.00815. The van der Waals surface area contributed by atoms with Crippen molar-refractivity contribution in [2.24, 2.45) is 0 Å². The Hall–Kier alpha value is -0.0600. The Bertz CT molecular complexity index is 595. The van der Waals surface area contributed by atoms with Gasteiger partial charge in [0.25, 0.3) is 0 Å². The van der Waals surface area contributed by atoms with E-state index in [9.17, 15) is 0 Å². The Morgan fingerprint density at radius 2 is 1.84 bits per heavy atom. The molecule has 100 valence electrons. The molecule has 1 unspecified atom stereocenters. The van der Waals surface area contributed by atoms with Gasteiger partial charge >= 0.3 is 0 Å². The lowest BCUT2D eigenvalue weighted by Gasteiger charge is -2.13. The summed E-state index contributed by atoms with van der Waals surface area (Å²) in [5.74, 6) is 0. The van der Waals surface area contributed by atoms with Crippen molar-refractivity contribution in [2.75, 3.05) is 0 Å². The lowest BCUT2D eigenvalue weighted by molar-refractivity contribution is 0.911. The van der Waals surface area contributed by atoms with E-state index in [2.05, 4.69) is 88.8 Å². The fourth-order valence-corrected chi connectivity index (χ4v) is 3.53. The van der Waals surface area contributed by atoms with Crippen LogP contribution in [0.25, 0.3) is 0 Å². The van der Waals surface area contributed by atoms with Gasteiger partial charge < -0.3 is 0 Å². The average molecular weight is 450 g/mol. The molecule has 1 atom stereocenters. The second kappa shape index (κ2) is 6.59. The normalized spacial score (nSPS) is 12.5. The van der Waals surface area contributed by atoms with Gasteiger partial charge in [-0.15, -0.1) is 11.6 Å². The zero-order valence-corrected chi connectivity index (χ0v) is 15.4. The fourth-order valence-electron chi connectivity index (χ4n) is 2.00. The van der Waals surface area contributed by atoms with Crippen LogP contribution in [0.2, 0.25) is 0 Å². The first-order valence-corrected chi connectivity index (χ1v) is 8.43. The van der Waals surface area contributed by atoms with E-state index in [1.165, 1.54) is 20.3 Å². The van der Waals surface area contributed by atoms with Crippen molar-refractivity contribution in [1.29, 1.82) is 0 Å². The molecule has 3 heteroatoms. The van der Waals surface area contributed by atoms with Gasteiger partial charge in [-0.25, -0.2) is 0 Å². The van der Waals surface area contributed by atoms with E-state index in [1.807, 2.05) is 0 Å². The molecule has 0 aliphatic carbocycles. The molecule has 0 amide bonds. The number of hydrogen-bond acceptors (Lipinski definition) is 0. The minimum absolute atomic E-state index is 0.00815. The molecule has 0 fully saturated rings. The summed E-state index contributed by atoms with van der Waals surface area (Å²) >= 11 is 12.5. The highest BCUT2D eigenvalue weighted by Crippen LogP contribution is 2.32. The van der Waals surface area contributed by atoms with E-state index < -0.39 is 0 Å². The average Bonchev–Trinajstić information content (AvgIpc) is 2.36. The first-order chi connectivity index (χ1) is 8.97. The number of hydrogen-bond donors (Lipinski definition) is 0. The van der Waals surface area contributed by atoms with Crippen molar-refractivity contribution in [3.8, 4) is 0 Å². The van der Waals surface area contributed by atoms with Crippen LogP contribution in [0.4, 0.5) is 0 Å². The maximum Gasteiger partial charge on any atom is 0.0636 e. The topological polar surface area (TPSA) is 0 Å². The molecule has 0 spiro atoms. The molecule has 0 N–H and O–H groups in total. The standard InChI is InChI=1S/C16H15BrClI/c1-10-3-4-12(7-11(10)2)8-16(18)14-9-13(19)5-6-15(14)17/h3-7,9,16H,8H2,1-2H3. The lowest BCUT2D eigenvalue weighted by atomic mass is 10.0. The lowest BCUT2D eigenvalue weighted by Crippen LogP contribution is -1.98. The monoisotopic (exact) mass is 448 g/mol. The van der Waals surface area contributed by atoms with Gasteiger partial charge in [-0.05, 0) is 83.3 Å². The van der Waals surface area contributed by atoms with E-state index in [1.54, 1.807) is 0 Å². The summed E-state index contributed by atoms with van der Waals surface area (Å²) in [5.41, 5.74) is 5.09. The second-order valence-corrected chi connectivity index (χ2v) is 7.38. The Labute approximate surface area is 141 Å². The van der Waals surface area contributed by atoms with Gasteiger partial charge in [-0.1, -0.05) is 34.1 Å². The van der Waals surface area contributed by atoms with E-state index in [0.29, 0.717) is 0 Å². The molecule has 2 aromatic rings. The van der Waals surface area contributed by atoms with Crippen molar-refractivity contribution in [3.63, 3.8) is 0 Å². The summed E-state index contributed by atoms with van der Waals surface area (Å²) < 4.78 is 2.29.